The molecule has 0 saturated heterocycles. The van der Waals surface area contributed by atoms with E-state index < -0.39 is 35.2 Å². The Hall–Kier alpha value is -3.41. The average molecular weight is 426 g/mol. The van der Waals surface area contributed by atoms with E-state index in [4.69, 9.17) is 11.6 Å². The highest BCUT2D eigenvalue weighted by Gasteiger charge is 2.31. The molecule has 2 aromatic heterocycles. The van der Waals surface area contributed by atoms with Gasteiger partial charge in [0.15, 0.2) is 0 Å². The number of nitro groups is 1. The van der Waals surface area contributed by atoms with Crippen molar-refractivity contribution in [2.45, 2.75) is 26.4 Å². The zero-order valence-corrected chi connectivity index (χ0v) is 15.7. The van der Waals surface area contributed by atoms with E-state index >= 15 is 0 Å². The van der Waals surface area contributed by atoms with E-state index in [0.29, 0.717) is 11.6 Å². The van der Waals surface area contributed by atoms with Crippen LogP contribution in [0.3, 0.4) is 0 Å². The van der Waals surface area contributed by atoms with Crippen molar-refractivity contribution in [3.8, 4) is 0 Å². The zero-order valence-electron chi connectivity index (χ0n) is 14.9. The molecule has 0 aliphatic rings. The first kappa shape index (κ1) is 20.3. The monoisotopic (exact) mass is 425 g/mol. The second-order valence-corrected chi connectivity index (χ2v) is 6.42. The van der Waals surface area contributed by atoms with Gasteiger partial charge in [0.1, 0.15) is 18.6 Å². The lowest BCUT2D eigenvalue weighted by Gasteiger charge is -2.04. The largest absolute Gasteiger partial charge is 0.319 e. The van der Waals surface area contributed by atoms with Crippen molar-refractivity contribution in [2.75, 3.05) is 5.32 Å². The predicted octanol–water partition coefficient (Wildman–Crippen LogP) is 2.97. The summed E-state index contributed by atoms with van der Waals surface area (Å²) >= 11 is 5.93. The lowest BCUT2D eigenvalue weighted by molar-refractivity contribution is -0.386. The molecule has 0 atom stereocenters. The van der Waals surface area contributed by atoms with Gasteiger partial charge in [0, 0.05) is 5.02 Å². The smallest absolute Gasteiger partial charge is 0.292 e. The van der Waals surface area contributed by atoms with Crippen LogP contribution in [0.1, 0.15) is 23.4 Å². The van der Waals surface area contributed by atoms with Gasteiger partial charge in [0.25, 0.3) is 6.43 Å². The maximum absolute atomic E-state index is 13.0. The van der Waals surface area contributed by atoms with Crippen molar-refractivity contribution >= 4 is 29.1 Å². The highest BCUT2D eigenvalue weighted by Crippen LogP contribution is 2.30. The van der Waals surface area contributed by atoms with Crippen LogP contribution in [0.4, 0.5) is 20.4 Å². The third-order valence-corrected chi connectivity index (χ3v) is 4.14. The Bertz CT molecular complexity index is 1070. The highest BCUT2D eigenvalue weighted by atomic mass is 35.5. The quantitative estimate of drug-likeness (QED) is 0.459. The minimum atomic E-state index is -3.14. The number of halogens is 3. The number of hydrogen-bond donors (Lipinski definition) is 1. The first-order valence-corrected chi connectivity index (χ1v) is 8.56. The summed E-state index contributed by atoms with van der Waals surface area (Å²) in [5.41, 5.74) is -1.07. The van der Waals surface area contributed by atoms with Crippen molar-refractivity contribution in [3.05, 3.63) is 62.7 Å². The Kier molecular flexibility index (Phi) is 5.82. The number of nitrogens with one attached hydrogen (secondary N) is 1. The van der Waals surface area contributed by atoms with Crippen molar-refractivity contribution in [1.29, 1.82) is 0 Å². The van der Waals surface area contributed by atoms with E-state index in [9.17, 15) is 23.7 Å². The van der Waals surface area contributed by atoms with Crippen LogP contribution in [0.25, 0.3) is 0 Å². The van der Waals surface area contributed by atoms with E-state index in [0.717, 1.165) is 10.2 Å². The van der Waals surface area contributed by atoms with E-state index in [-0.39, 0.29) is 11.6 Å². The summed E-state index contributed by atoms with van der Waals surface area (Å²) in [5, 5.41) is 21.5. The van der Waals surface area contributed by atoms with Crippen LogP contribution in [0.5, 0.6) is 0 Å². The van der Waals surface area contributed by atoms with Gasteiger partial charge < -0.3 is 0 Å². The van der Waals surface area contributed by atoms with Crippen molar-refractivity contribution in [2.24, 2.45) is 0 Å². The Labute approximate surface area is 167 Å². The molecule has 0 bridgehead atoms. The molecular formula is C16H14ClF2N7O3. The summed E-state index contributed by atoms with van der Waals surface area (Å²) in [4.78, 5) is 26.2. The van der Waals surface area contributed by atoms with Gasteiger partial charge >= 0.3 is 5.69 Å². The fourth-order valence-corrected chi connectivity index (χ4v) is 2.85. The van der Waals surface area contributed by atoms with Crippen LogP contribution in [0.2, 0.25) is 5.02 Å². The number of anilines is 1. The van der Waals surface area contributed by atoms with Crippen LogP contribution in [-0.4, -0.2) is 35.4 Å². The first-order valence-electron chi connectivity index (χ1n) is 8.18. The molecule has 0 aliphatic heterocycles. The van der Waals surface area contributed by atoms with Crippen molar-refractivity contribution < 1.29 is 18.5 Å². The molecule has 0 aliphatic carbocycles. The number of benzene rings is 1. The van der Waals surface area contributed by atoms with Crippen LogP contribution in [-0.2, 0) is 17.9 Å². The first-order chi connectivity index (χ1) is 13.7. The molecule has 3 aromatic rings. The minimum absolute atomic E-state index is 0.00887. The Morgan fingerprint density at radius 1 is 1.38 bits per heavy atom. The zero-order chi connectivity index (χ0) is 21.1. The molecule has 0 unspecified atom stereocenters. The van der Waals surface area contributed by atoms with Gasteiger partial charge in [-0.3, -0.25) is 24.9 Å². The number of amides is 1. The van der Waals surface area contributed by atoms with Gasteiger partial charge in [-0.25, -0.2) is 18.4 Å². The maximum Gasteiger partial charge on any atom is 0.319 e. The van der Waals surface area contributed by atoms with Crippen LogP contribution < -0.4 is 5.32 Å². The standard InChI is InChI=1S/C16H14ClF2N7O3/c1-9-14(26(28)29)13(15(18)19)22-25(9)7-12(27)21-16-20-8-24(23-16)6-10-3-2-4-11(17)5-10/h2-5,8,15H,6-7H2,1H3,(H,21,23,27). The molecule has 152 valence electrons. The van der Waals surface area contributed by atoms with Gasteiger partial charge in [-0.15, -0.1) is 5.10 Å². The second kappa shape index (κ2) is 8.31. The summed E-state index contributed by atoms with van der Waals surface area (Å²) in [5.74, 6) is -0.683. The van der Waals surface area contributed by atoms with E-state index in [2.05, 4.69) is 20.5 Å². The molecule has 3 rings (SSSR count). The summed E-state index contributed by atoms with van der Waals surface area (Å²) in [6.45, 7) is 1.09. The summed E-state index contributed by atoms with van der Waals surface area (Å²) in [6, 6.07) is 7.13. The van der Waals surface area contributed by atoms with Crippen LogP contribution in [0, 0.1) is 17.0 Å². The molecule has 29 heavy (non-hydrogen) atoms. The van der Waals surface area contributed by atoms with Crippen LogP contribution >= 0.6 is 11.6 Å². The van der Waals surface area contributed by atoms with Crippen LogP contribution in [0.15, 0.2) is 30.6 Å². The molecule has 1 N–H and O–H groups in total. The van der Waals surface area contributed by atoms with Crippen molar-refractivity contribution in [1.82, 2.24) is 24.5 Å². The fraction of sp³-hybridized carbons (Fsp3) is 0.250. The lowest BCUT2D eigenvalue weighted by Crippen LogP contribution is -2.21. The van der Waals surface area contributed by atoms with E-state index in [1.807, 2.05) is 6.07 Å². The Balaban J connectivity index is 1.68. The third kappa shape index (κ3) is 4.71. The molecular weight excluding hydrogens is 412 g/mol. The number of carbonyl (C=O) groups excluding carboxylic acids is 1. The Morgan fingerprint density at radius 2 is 2.14 bits per heavy atom. The van der Waals surface area contributed by atoms with Gasteiger partial charge in [-0.2, -0.15) is 5.10 Å². The second-order valence-electron chi connectivity index (χ2n) is 5.98. The summed E-state index contributed by atoms with van der Waals surface area (Å²) < 4.78 is 28.2. The normalized spacial score (nSPS) is 11.1. The molecule has 2 heterocycles. The lowest BCUT2D eigenvalue weighted by atomic mass is 10.2. The third-order valence-electron chi connectivity index (χ3n) is 3.90. The highest BCUT2D eigenvalue weighted by molar-refractivity contribution is 6.30. The molecule has 0 spiro atoms. The fourth-order valence-electron chi connectivity index (χ4n) is 2.64. The Morgan fingerprint density at radius 3 is 2.76 bits per heavy atom. The average Bonchev–Trinajstić information content (AvgIpc) is 3.19. The molecule has 1 amide bonds. The number of alkyl halides is 2. The number of hydrogen-bond acceptors (Lipinski definition) is 6. The molecule has 0 fully saturated rings. The topological polar surface area (TPSA) is 121 Å². The minimum Gasteiger partial charge on any atom is -0.292 e. The van der Waals surface area contributed by atoms with Gasteiger partial charge in [-0.05, 0) is 24.6 Å². The number of rotatable bonds is 7. The van der Waals surface area contributed by atoms with Gasteiger partial charge in [-0.1, -0.05) is 23.7 Å². The van der Waals surface area contributed by atoms with E-state index in [1.165, 1.54) is 17.9 Å². The van der Waals surface area contributed by atoms with Gasteiger partial charge in [0.05, 0.1) is 11.5 Å². The summed E-state index contributed by atoms with van der Waals surface area (Å²) in [6.07, 6.45) is -1.74. The predicted molar refractivity (Wildman–Crippen MR) is 97.8 cm³/mol. The molecule has 10 nitrogen and oxygen atoms in total. The number of nitrogens with zero attached hydrogens (tertiary/aromatic N) is 6. The van der Waals surface area contributed by atoms with E-state index in [1.54, 1.807) is 18.2 Å². The van der Waals surface area contributed by atoms with Gasteiger partial charge in [0.2, 0.25) is 17.5 Å². The molecule has 1 aromatic carbocycles. The molecule has 0 radical (unpaired) electrons. The molecule has 0 saturated carbocycles. The summed E-state index contributed by atoms with van der Waals surface area (Å²) in [7, 11) is 0. The molecule has 13 heteroatoms. The maximum atomic E-state index is 13.0. The number of aromatic nitrogens is 5. The number of carbonyl (C=O) groups is 1. The van der Waals surface area contributed by atoms with Crippen molar-refractivity contribution in [3.63, 3.8) is 0 Å². The SMILES string of the molecule is Cc1c([N+](=O)[O-])c(C(F)F)nn1CC(=O)Nc1ncn(Cc2cccc(Cl)c2)n1.